The smallest absolute Gasteiger partial charge is 0.254 e. The highest BCUT2D eigenvalue weighted by Gasteiger charge is 2.52. The highest BCUT2D eigenvalue weighted by atomic mass is 16.2. The van der Waals surface area contributed by atoms with Gasteiger partial charge in [-0.25, -0.2) is 0 Å². The fourth-order valence-corrected chi connectivity index (χ4v) is 4.26. The van der Waals surface area contributed by atoms with Gasteiger partial charge in [-0.1, -0.05) is 6.92 Å². The summed E-state index contributed by atoms with van der Waals surface area (Å²) in [4.78, 5) is 32.8. The van der Waals surface area contributed by atoms with Crippen molar-refractivity contribution in [3.05, 3.63) is 30.1 Å². The molecule has 5 nitrogen and oxygen atoms in total. The van der Waals surface area contributed by atoms with Crippen LogP contribution in [0, 0.1) is 0 Å². The zero-order valence-corrected chi connectivity index (χ0v) is 13.3. The van der Waals surface area contributed by atoms with E-state index in [-0.39, 0.29) is 23.4 Å². The lowest BCUT2D eigenvalue weighted by molar-refractivity contribution is -0.132. The van der Waals surface area contributed by atoms with Crippen LogP contribution in [0.25, 0.3) is 0 Å². The monoisotopic (exact) mass is 301 g/mol. The highest BCUT2D eigenvalue weighted by Crippen LogP contribution is 2.42. The minimum atomic E-state index is -0.174. The van der Waals surface area contributed by atoms with Crippen LogP contribution in [-0.2, 0) is 4.79 Å². The van der Waals surface area contributed by atoms with Crippen LogP contribution in [0.5, 0.6) is 0 Å². The molecular formula is C17H23N3O2. The first-order valence-electron chi connectivity index (χ1n) is 8.08. The van der Waals surface area contributed by atoms with Gasteiger partial charge in [0.1, 0.15) is 0 Å². The van der Waals surface area contributed by atoms with E-state index in [2.05, 4.69) is 11.9 Å². The maximum Gasteiger partial charge on any atom is 0.254 e. The number of likely N-dealkylation sites (tertiary alicyclic amines) is 2. The Balaban J connectivity index is 1.92. The van der Waals surface area contributed by atoms with Crippen LogP contribution in [0.1, 0.15) is 49.4 Å². The van der Waals surface area contributed by atoms with Crippen LogP contribution < -0.4 is 0 Å². The van der Waals surface area contributed by atoms with E-state index in [9.17, 15) is 9.59 Å². The number of hydrogen-bond donors (Lipinski definition) is 0. The van der Waals surface area contributed by atoms with Crippen LogP contribution in [0.15, 0.2) is 24.5 Å². The number of likely N-dealkylation sites (N-methyl/N-ethyl adjacent to an activating group) is 1. The summed E-state index contributed by atoms with van der Waals surface area (Å²) in [7, 11) is 1.90. The van der Waals surface area contributed by atoms with Gasteiger partial charge in [0.05, 0.1) is 11.6 Å². The Morgan fingerprint density at radius 3 is 2.68 bits per heavy atom. The van der Waals surface area contributed by atoms with E-state index in [0.29, 0.717) is 12.0 Å². The lowest BCUT2D eigenvalue weighted by atomic mass is 9.77. The second-order valence-corrected chi connectivity index (χ2v) is 6.32. The average Bonchev–Trinajstić information content (AvgIpc) is 2.84. The molecule has 3 rings (SSSR count). The zero-order chi connectivity index (χ0) is 15.7. The van der Waals surface area contributed by atoms with Crippen LogP contribution >= 0.6 is 0 Å². The SMILES string of the molecule is CC[C@@H]1N(C(=O)c2ccncc2)CCC[C@]12CCC(=O)N2C. The van der Waals surface area contributed by atoms with E-state index in [1.54, 1.807) is 24.5 Å². The van der Waals surface area contributed by atoms with Crippen LogP contribution in [0.4, 0.5) is 0 Å². The number of amides is 2. The van der Waals surface area contributed by atoms with E-state index in [4.69, 9.17) is 0 Å². The second kappa shape index (κ2) is 5.71. The average molecular weight is 301 g/mol. The fraction of sp³-hybridized carbons (Fsp3) is 0.588. The van der Waals surface area contributed by atoms with Gasteiger partial charge in [-0.05, 0) is 37.8 Å². The topological polar surface area (TPSA) is 53.5 Å². The van der Waals surface area contributed by atoms with Crippen LogP contribution in [-0.4, -0.2) is 51.8 Å². The molecule has 2 saturated heterocycles. The Hall–Kier alpha value is -1.91. The van der Waals surface area contributed by atoms with Crippen molar-refractivity contribution in [3.63, 3.8) is 0 Å². The number of rotatable bonds is 2. The molecule has 0 aliphatic carbocycles. The zero-order valence-electron chi connectivity index (χ0n) is 13.3. The Morgan fingerprint density at radius 2 is 2.09 bits per heavy atom. The largest absolute Gasteiger partial charge is 0.338 e. The van der Waals surface area contributed by atoms with Gasteiger partial charge < -0.3 is 9.80 Å². The standard InChI is InChI=1S/C17H23N3O2/c1-3-14-17(9-5-15(21)19(17)2)8-4-12-20(14)16(22)13-6-10-18-11-7-13/h6-7,10-11,14H,3-5,8-9,12H2,1-2H3/t14-,17-/m0/s1. The molecule has 1 aromatic rings. The predicted molar refractivity (Wildman–Crippen MR) is 83.3 cm³/mol. The molecule has 2 amide bonds. The predicted octanol–water partition coefficient (Wildman–Crippen LogP) is 2.09. The molecule has 0 N–H and O–H groups in total. The molecule has 0 unspecified atom stereocenters. The van der Waals surface area contributed by atoms with Crippen molar-refractivity contribution in [1.29, 1.82) is 0 Å². The maximum atomic E-state index is 12.9. The molecule has 0 aromatic carbocycles. The first kappa shape index (κ1) is 15.0. The molecule has 0 bridgehead atoms. The van der Waals surface area contributed by atoms with Crippen molar-refractivity contribution in [3.8, 4) is 0 Å². The third-order valence-electron chi connectivity index (χ3n) is 5.39. The fourth-order valence-electron chi connectivity index (χ4n) is 4.26. The molecule has 2 aliphatic heterocycles. The van der Waals surface area contributed by atoms with E-state index < -0.39 is 0 Å². The van der Waals surface area contributed by atoms with E-state index >= 15 is 0 Å². The number of aromatic nitrogens is 1. The lowest BCUT2D eigenvalue weighted by Gasteiger charge is -2.51. The van der Waals surface area contributed by atoms with Crippen molar-refractivity contribution in [1.82, 2.24) is 14.8 Å². The summed E-state index contributed by atoms with van der Waals surface area (Å²) < 4.78 is 0. The molecule has 5 heteroatoms. The Bertz CT molecular complexity index is 575. The summed E-state index contributed by atoms with van der Waals surface area (Å²) in [6.45, 7) is 2.88. The third-order valence-corrected chi connectivity index (χ3v) is 5.39. The van der Waals surface area contributed by atoms with Gasteiger partial charge in [-0.15, -0.1) is 0 Å². The summed E-state index contributed by atoms with van der Waals surface area (Å²) in [5.74, 6) is 0.262. The maximum absolute atomic E-state index is 12.9. The molecular weight excluding hydrogens is 278 g/mol. The Kier molecular flexibility index (Phi) is 3.89. The molecule has 2 fully saturated rings. The number of carbonyl (C=O) groups is 2. The lowest BCUT2D eigenvalue weighted by Crippen LogP contribution is -2.63. The molecule has 22 heavy (non-hydrogen) atoms. The van der Waals surface area contributed by atoms with Crippen molar-refractivity contribution >= 4 is 11.8 Å². The number of pyridine rings is 1. The van der Waals surface area contributed by atoms with Crippen molar-refractivity contribution in [2.24, 2.45) is 0 Å². The minimum Gasteiger partial charge on any atom is -0.338 e. The molecule has 3 heterocycles. The normalized spacial score (nSPS) is 28.5. The summed E-state index contributed by atoms with van der Waals surface area (Å²) in [6, 6.07) is 3.62. The van der Waals surface area contributed by atoms with Gasteiger partial charge in [0.2, 0.25) is 5.91 Å². The van der Waals surface area contributed by atoms with Gasteiger partial charge in [0, 0.05) is 38.0 Å². The van der Waals surface area contributed by atoms with Crippen molar-refractivity contribution < 1.29 is 9.59 Å². The van der Waals surface area contributed by atoms with E-state index in [1.165, 1.54) is 0 Å². The minimum absolute atomic E-state index is 0.0565. The van der Waals surface area contributed by atoms with E-state index in [0.717, 1.165) is 32.2 Å². The Morgan fingerprint density at radius 1 is 1.36 bits per heavy atom. The first-order chi connectivity index (χ1) is 10.6. The summed E-state index contributed by atoms with van der Waals surface area (Å²) in [5, 5.41) is 0. The van der Waals surface area contributed by atoms with Crippen LogP contribution in [0.2, 0.25) is 0 Å². The van der Waals surface area contributed by atoms with Crippen molar-refractivity contribution in [2.75, 3.05) is 13.6 Å². The number of carbonyl (C=O) groups excluding carboxylic acids is 2. The Labute approximate surface area is 131 Å². The quantitative estimate of drug-likeness (QED) is 0.840. The van der Waals surface area contributed by atoms with Gasteiger partial charge in [-0.2, -0.15) is 0 Å². The molecule has 0 radical (unpaired) electrons. The first-order valence-corrected chi connectivity index (χ1v) is 8.08. The number of piperidine rings is 1. The van der Waals surface area contributed by atoms with Gasteiger partial charge in [-0.3, -0.25) is 14.6 Å². The summed E-state index contributed by atoms with van der Waals surface area (Å²) >= 11 is 0. The van der Waals surface area contributed by atoms with Crippen LogP contribution in [0.3, 0.4) is 0 Å². The third kappa shape index (κ3) is 2.19. The molecule has 1 spiro atoms. The highest BCUT2D eigenvalue weighted by molar-refractivity contribution is 5.94. The van der Waals surface area contributed by atoms with E-state index in [1.807, 2.05) is 16.8 Å². The molecule has 118 valence electrons. The molecule has 1 aromatic heterocycles. The molecule has 2 atom stereocenters. The number of nitrogens with zero attached hydrogens (tertiary/aromatic N) is 3. The van der Waals surface area contributed by atoms with Gasteiger partial charge in [0.15, 0.2) is 0 Å². The molecule has 2 aliphatic rings. The van der Waals surface area contributed by atoms with Gasteiger partial charge >= 0.3 is 0 Å². The summed E-state index contributed by atoms with van der Waals surface area (Å²) in [5.41, 5.74) is 0.504. The van der Waals surface area contributed by atoms with Gasteiger partial charge in [0.25, 0.3) is 5.91 Å². The van der Waals surface area contributed by atoms with Crippen molar-refractivity contribution in [2.45, 2.75) is 50.6 Å². The summed E-state index contributed by atoms with van der Waals surface area (Å²) in [6.07, 6.45) is 7.58. The second-order valence-electron chi connectivity index (χ2n) is 6.32. The molecule has 0 saturated carbocycles. The number of hydrogen-bond acceptors (Lipinski definition) is 3.